The number of halogens is 1. The number of hydrogen-bond donors (Lipinski definition) is 1. The zero-order chi connectivity index (χ0) is 13.2. The molecule has 2 aromatic heterocycles. The molecule has 0 aliphatic carbocycles. The highest BCUT2D eigenvalue weighted by Gasteiger charge is 2.18. The largest absolute Gasteiger partial charge is 0.367 e. The Morgan fingerprint density at radius 2 is 1.95 bits per heavy atom. The zero-order valence-corrected chi connectivity index (χ0v) is 12.0. The predicted octanol–water partition coefficient (Wildman–Crippen LogP) is 3.59. The van der Waals surface area contributed by atoms with E-state index in [-0.39, 0.29) is 0 Å². The lowest BCUT2D eigenvalue weighted by atomic mass is 10.0. The highest BCUT2D eigenvalue weighted by Crippen LogP contribution is 2.37. The number of anilines is 1. The monoisotopic (exact) mass is 363 g/mol. The molecule has 0 saturated carbocycles. The Morgan fingerprint density at radius 1 is 1.11 bits per heavy atom. The summed E-state index contributed by atoms with van der Waals surface area (Å²) in [6.07, 6.45) is 3.47. The van der Waals surface area contributed by atoms with Gasteiger partial charge in [-0.1, -0.05) is 29.4 Å². The van der Waals surface area contributed by atoms with Crippen molar-refractivity contribution in [1.82, 2.24) is 10.1 Å². The van der Waals surface area contributed by atoms with Gasteiger partial charge in [0.05, 0.1) is 5.56 Å². The minimum absolute atomic E-state index is 0.308. The number of nitrogens with zero attached hydrogens (tertiary/aromatic N) is 2. The molecule has 0 bridgehead atoms. The normalized spacial score (nSPS) is 10.6. The summed E-state index contributed by atoms with van der Waals surface area (Å²) in [4.78, 5) is 4.11. The minimum Gasteiger partial charge on any atom is -0.367 e. The maximum absolute atomic E-state index is 5.90. The molecule has 19 heavy (non-hydrogen) atoms. The Balaban J connectivity index is 2.23. The molecule has 0 unspecified atom stereocenters. The average molecular weight is 363 g/mol. The Hall–Kier alpha value is -1.89. The van der Waals surface area contributed by atoms with Crippen molar-refractivity contribution in [2.75, 3.05) is 5.73 Å². The highest BCUT2D eigenvalue weighted by molar-refractivity contribution is 14.1. The Labute approximate surface area is 123 Å². The molecule has 5 heteroatoms. The predicted molar refractivity (Wildman–Crippen MR) is 82.3 cm³/mol. The quantitative estimate of drug-likeness (QED) is 0.707. The van der Waals surface area contributed by atoms with Crippen LogP contribution in [-0.2, 0) is 0 Å². The molecule has 0 spiro atoms. The number of rotatable bonds is 2. The van der Waals surface area contributed by atoms with Gasteiger partial charge in [-0.3, -0.25) is 4.98 Å². The van der Waals surface area contributed by atoms with Gasteiger partial charge in [0.15, 0.2) is 0 Å². The molecular formula is C14H10IN3O. The second-order valence-electron chi connectivity index (χ2n) is 3.99. The van der Waals surface area contributed by atoms with Gasteiger partial charge in [0.1, 0.15) is 5.69 Å². The van der Waals surface area contributed by atoms with E-state index in [1.165, 1.54) is 0 Å². The molecule has 0 fully saturated rings. The van der Waals surface area contributed by atoms with E-state index in [9.17, 15) is 0 Å². The first-order valence-electron chi connectivity index (χ1n) is 5.68. The molecule has 0 aliphatic heterocycles. The van der Waals surface area contributed by atoms with Crippen molar-refractivity contribution >= 4 is 28.5 Å². The summed E-state index contributed by atoms with van der Waals surface area (Å²) >= 11 is 2.27. The average Bonchev–Trinajstić information content (AvgIpc) is 2.82. The first kappa shape index (κ1) is 12.2. The van der Waals surface area contributed by atoms with Crippen molar-refractivity contribution in [3.05, 3.63) is 52.4 Å². The van der Waals surface area contributed by atoms with Crippen LogP contribution in [0.15, 0.2) is 53.3 Å². The third-order valence-corrected chi connectivity index (χ3v) is 3.74. The van der Waals surface area contributed by atoms with E-state index in [1.54, 1.807) is 12.4 Å². The van der Waals surface area contributed by atoms with Crippen LogP contribution in [0.25, 0.3) is 22.4 Å². The van der Waals surface area contributed by atoms with Crippen LogP contribution in [0.5, 0.6) is 0 Å². The van der Waals surface area contributed by atoms with Crippen molar-refractivity contribution in [3.8, 4) is 22.4 Å². The van der Waals surface area contributed by atoms with Crippen molar-refractivity contribution in [1.29, 1.82) is 0 Å². The smallest absolute Gasteiger partial charge is 0.230 e. The van der Waals surface area contributed by atoms with Gasteiger partial charge in [0.25, 0.3) is 0 Å². The second kappa shape index (κ2) is 5.00. The number of aromatic nitrogens is 2. The van der Waals surface area contributed by atoms with Crippen molar-refractivity contribution < 1.29 is 4.52 Å². The first-order chi connectivity index (χ1) is 9.27. The SMILES string of the molecule is Nc1onc(-c2ccccc2I)c1-c1cccnc1. The summed E-state index contributed by atoms with van der Waals surface area (Å²) < 4.78 is 6.25. The van der Waals surface area contributed by atoms with Crippen molar-refractivity contribution in [3.63, 3.8) is 0 Å². The summed E-state index contributed by atoms with van der Waals surface area (Å²) in [6.45, 7) is 0. The maximum Gasteiger partial charge on any atom is 0.230 e. The number of nitrogens with two attached hydrogens (primary N) is 1. The molecule has 0 atom stereocenters. The molecule has 3 aromatic rings. The van der Waals surface area contributed by atoms with Gasteiger partial charge in [-0.05, 0) is 34.7 Å². The highest BCUT2D eigenvalue weighted by atomic mass is 127. The minimum atomic E-state index is 0.308. The van der Waals surface area contributed by atoms with E-state index in [2.05, 4.69) is 32.7 Å². The topological polar surface area (TPSA) is 64.9 Å². The van der Waals surface area contributed by atoms with E-state index in [1.807, 2.05) is 36.4 Å². The van der Waals surface area contributed by atoms with Crippen molar-refractivity contribution in [2.45, 2.75) is 0 Å². The van der Waals surface area contributed by atoms with Gasteiger partial charge in [0.2, 0.25) is 5.88 Å². The van der Waals surface area contributed by atoms with Crippen LogP contribution in [0.4, 0.5) is 5.88 Å². The summed E-state index contributed by atoms with van der Waals surface area (Å²) in [5.74, 6) is 0.308. The van der Waals surface area contributed by atoms with Crippen molar-refractivity contribution in [2.24, 2.45) is 0 Å². The lowest BCUT2D eigenvalue weighted by Crippen LogP contribution is -1.89. The van der Waals surface area contributed by atoms with Crippen LogP contribution < -0.4 is 5.73 Å². The molecule has 0 saturated heterocycles. The van der Waals surface area contributed by atoms with Crippen LogP contribution in [0.3, 0.4) is 0 Å². The Morgan fingerprint density at radius 3 is 2.68 bits per heavy atom. The summed E-state index contributed by atoms with van der Waals surface area (Å²) in [7, 11) is 0. The molecule has 2 heterocycles. The van der Waals surface area contributed by atoms with Gasteiger partial charge < -0.3 is 10.3 Å². The second-order valence-corrected chi connectivity index (χ2v) is 5.15. The van der Waals surface area contributed by atoms with Crippen LogP contribution >= 0.6 is 22.6 Å². The number of nitrogen functional groups attached to an aromatic ring is 1. The molecule has 0 radical (unpaired) electrons. The number of hydrogen-bond acceptors (Lipinski definition) is 4. The van der Waals surface area contributed by atoms with Gasteiger partial charge >= 0.3 is 0 Å². The fourth-order valence-electron chi connectivity index (χ4n) is 1.93. The van der Waals surface area contributed by atoms with Gasteiger partial charge in [-0.2, -0.15) is 0 Å². The third-order valence-electron chi connectivity index (χ3n) is 2.80. The number of benzene rings is 1. The Kier molecular flexibility index (Phi) is 3.20. The fourth-order valence-corrected chi connectivity index (χ4v) is 2.57. The summed E-state index contributed by atoms with van der Waals surface area (Å²) in [5.41, 5.74) is 9.34. The van der Waals surface area contributed by atoms with E-state index in [0.29, 0.717) is 5.88 Å². The third kappa shape index (κ3) is 2.21. The fraction of sp³-hybridized carbons (Fsp3) is 0. The molecular weight excluding hydrogens is 353 g/mol. The maximum atomic E-state index is 5.90. The molecule has 0 aliphatic rings. The molecule has 0 amide bonds. The zero-order valence-electron chi connectivity index (χ0n) is 9.88. The van der Waals surface area contributed by atoms with Gasteiger partial charge in [0, 0.05) is 27.1 Å². The van der Waals surface area contributed by atoms with E-state index < -0.39 is 0 Å². The Bertz CT molecular complexity index is 710. The van der Waals surface area contributed by atoms with Crippen LogP contribution in [0.2, 0.25) is 0 Å². The molecule has 3 rings (SSSR count). The summed E-state index contributed by atoms with van der Waals surface area (Å²) in [5, 5.41) is 4.09. The first-order valence-corrected chi connectivity index (χ1v) is 6.75. The standard InChI is InChI=1S/C14H10IN3O/c15-11-6-2-1-5-10(11)13-12(14(16)19-18-13)9-4-3-7-17-8-9/h1-8H,16H2. The molecule has 2 N–H and O–H groups in total. The van der Waals surface area contributed by atoms with Crippen LogP contribution in [0, 0.1) is 3.57 Å². The van der Waals surface area contributed by atoms with Crippen LogP contribution in [0.1, 0.15) is 0 Å². The summed E-state index contributed by atoms with van der Waals surface area (Å²) in [6, 6.07) is 11.8. The lowest BCUT2D eigenvalue weighted by Gasteiger charge is -2.04. The molecule has 4 nitrogen and oxygen atoms in total. The number of pyridine rings is 1. The molecule has 94 valence electrons. The van der Waals surface area contributed by atoms with E-state index in [4.69, 9.17) is 10.3 Å². The molecule has 1 aromatic carbocycles. The van der Waals surface area contributed by atoms with Gasteiger partial charge in [-0.15, -0.1) is 0 Å². The van der Waals surface area contributed by atoms with Gasteiger partial charge in [-0.25, -0.2) is 0 Å². The van der Waals surface area contributed by atoms with E-state index in [0.717, 1.165) is 26.0 Å². The van der Waals surface area contributed by atoms with Crippen LogP contribution in [-0.4, -0.2) is 10.1 Å². The lowest BCUT2D eigenvalue weighted by molar-refractivity contribution is 0.439. The van der Waals surface area contributed by atoms with E-state index >= 15 is 0 Å².